The van der Waals surface area contributed by atoms with Gasteiger partial charge in [0.25, 0.3) is 5.91 Å². The highest BCUT2D eigenvalue weighted by atomic mass is 19.1. The van der Waals surface area contributed by atoms with Crippen molar-refractivity contribution in [3.63, 3.8) is 0 Å². The summed E-state index contributed by atoms with van der Waals surface area (Å²) in [4.78, 5) is 28.4. The van der Waals surface area contributed by atoms with Crippen LogP contribution in [0.3, 0.4) is 0 Å². The molecule has 2 heterocycles. The molecule has 2 aliphatic rings. The van der Waals surface area contributed by atoms with E-state index in [-0.39, 0.29) is 40.9 Å². The molecule has 0 radical (unpaired) electrons. The molecule has 2 fully saturated rings. The van der Waals surface area contributed by atoms with Crippen LogP contribution in [0.15, 0.2) is 28.8 Å². The number of hydrogen-bond donors (Lipinski definition) is 2. The molecule has 7 nitrogen and oxygen atoms in total. The first-order valence-electron chi connectivity index (χ1n) is 12.1. The molecule has 1 saturated heterocycles. The lowest BCUT2D eigenvalue weighted by Gasteiger charge is -2.43. The first-order chi connectivity index (χ1) is 16.3. The largest absolute Gasteiger partial charge is 0.355 e. The van der Waals surface area contributed by atoms with Gasteiger partial charge in [0.05, 0.1) is 11.5 Å². The first kappa shape index (κ1) is 24.3. The zero-order valence-corrected chi connectivity index (χ0v) is 19.7. The van der Waals surface area contributed by atoms with Crippen molar-refractivity contribution < 1.29 is 22.9 Å². The Morgan fingerprint density at radius 3 is 2.59 bits per heavy atom. The maximum Gasteiger partial charge on any atom is 0.273 e. The van der Waals surface area contributed by atoms with E-state index < -0.39 is 17.5 Å². The molecule has 34 heavy (non-hydrogen) atoms. The van der Waals surface area contributed by atoms with Crippen LogP contribution in [0.1, 0.15) is 62.9 Å². The van der Waals surface area contributed by atoms with E-state index >= 15 is 0 Å². The fourth-order valence-electron chi connectivity index (χ4n) is 5.03. The Labute approximate surface area is 198 Å². The molecule has 2 amide bonds. The molecule has 0 spiro atoms. The van der Waals surface area contributed by atoms with Crippen molar-refractivity contribution in [2.24, 2.45) is 5.92 Å². The predicted octanol–water partition coefficient (Wildman–Crippen LogP) is 3.90. The standard InChI is InChI=1S/C25H32F2N4O3/c1-15(2)28-24(32)19-14-31(17-6-4-3-5-7-17)11-10-21(19)29-25(33)22-13-23(34-30-22)18-9-8-16(26)12-20(18)27/h8-9,12-13,15,17,19,21H,3-7,10-11,14H2,1-2H3,(H,28,32)(H,29,33)/t19-,21-/m1/s1. The number of carbonyl (C=O) groups excluding carboxylic acids is 2. The van der Waals surface area contributed by atoms with Crippen LogP contribution in [0.25, 0.3) is 11.3 Å². The maximum atomic E-state index is 14.1. The topological polar surface area (TPSA) is 87.5 Å². The van der Waals surface area contributed by atoms with E-state index in [0.717, 1.165) is 31.5 Å². The molecular formula is C25H32F2N4O3. The maximum absolute atomic E-state index is 14.1. The van der Waals surface area contributed by atoms with Gasteiger partial charge in [-0.25, -0.2) is 8.78 Å². The van der Waals surface area contributed by atoms with Crippen molar-refractivity contribution in [3.8, 4) is 11.3 Å². The minimum atomic E-state index is -0.802. The Balaban J connectivity index is 1.46. The second-order valence-corrected chi connectivity index (χ2v) is 9.63. The van der Waals surface area contributed by atoms with Gasteiger partial charge in [-0.05, 0) is 45.2 Å². The number of halogens is 2. The minimum Gasteiger partial charge on any atom is -0.355 e. The molecule has 2 atom stereocenters. The Bertz CT molecular complexity index is 1020. The molecule has 4 rings (SSSR count). The number of carbonyl (C=O) groups is 2. The molecule has 184 valence electrons. The molecule has 2 N–H and O–H groups in total. The van der Waals surface area contributed by atoms with Crippen LogP contribution in [0.5, 0.6) is 0 Å². The highest BCUT2D eigenvalue weighted by Gasteiger charge is 2.38. The Kier molecular flexibility index (Phi) is 7.60. The van der Waals surface area contributed by atoms with Crippen LogP contribution in [-0.4, -0.2) is 53.1 Å². The van der Waals surface area contributed by atoms with Gasteiger partial charge in [0.2, 0.25) is 5.91 Å². The van der Waals surface area contributed by atoms with E-state index in [4.69, 9.17) is 4.52 Å². The summed E-state index contributed by atoms with van der Waals surface area (Å²) >= 11 is 0. The quantitative estimate of drug-likeness (QED) is 0.663. The summed E-state index contributed by atoms with van der Waals surface area (Å²) in [7, 11) is 0. The number of piperidine rings is 1. The third kappa shape index (κ3) is 5.63. The number of likely N-dealkylation sites (tertiary alicyclic amines) is 1. The van der Waals surface area contributed by atoms with E-state index in [1.807, 2.05) is 13.8 Å². The number of hydrogen-bond acceptors (Lipinski definition) is 5. The summed E-state index contributed by atoms with van der Waals surface area (Å²) in [5, 5.41) is 9.71. The van der Waals surface area contributed by atoms with Crippen LogP contribution in [-0.2, 0) is 4.79 Å². The van der Waals surface area contributed by atoms with Crippen molar-refractivity contribution in [1.29, 1.82) is 0 Å². The van der Waals surface area contributed by atoms with Gasteiger partial charge < -0.3 is 15.2 Å². The summed E-state index contributed by atoms with van der Waals surface area (Å²) in [6.45, 7) is 5.24. The Hall–Kier alpha value is -2.81. The average Bonchev–Trinajstić information content (AvgIpc) is 3.29. The number of amides is 2. The fourth-order valence-corrected chi connectivity index (χ4v) is 5.03. The van der Waals surface area contributed by atoms with E-state index in [1.165, 1.54) is 31.4 Å². The number of rotatable bonds is 6. The van der Waals surface area contributed by atoms with Gasteiger partial charge in [-0.1, -0.05) is 24.4 Å². The first-order valence-corrected chi connectivity index (χ1v) is 12.1. The molecule has 2 aromatic rings. The van der Waals surface area contributed by atoms with E-state index in [2.05, 4.69) is 20.7 Å². The average molecular weight is 475 g/mol. The van der Waals surface area contributed by atoms with Crippen LogP contribution >= 0.6 is 0 Å². The van der Waals surface area contributed by atoms with Crippen molar-refractivity contribution in [3.05, 3.63) is 41.6 Å². The predicted molar refractivity (Wildman–Crippen MR) is 123 cm³/mol. The molecule has 0 bridgehead atoms. The Morgan fingerprint density at radius 1 is 1.12 bits per heavy atom. The fraction of sp³-hybridized carbons (Fsp3) is 0.560. The van der Waals surface area contributed by atoms with Crippen molar-refractivity contribution in [2.75, 3.05) is 13.1 Å². The van der Waals surface area contributed by atoms with E-state index in [1.54, 1.807) is 0 Å². The second kappa shape index (κ2) is 10.6. The van der Waals surface area contributed by atoms with Crippen LogP contribution in [0.2, 0.25) is 0 Å². The van der Waals surface area contributed by atoms with Gasteiger partial charge in [0.15, 0.2) is 11.5 Å². The number of benzene rings is 1. The van der Waals surface area contributed by atoms with Gasteiger partial charge in [0.1, 0.15) is 11.6 Å². The molecule has 9 heteroatoms. The smallest absolute Gasteiger partial charge is 0.273 e. The Morgan fingerprint density at radius 2 is 1.88 bits per heavy atom. The highest BCUT2D eigenvalue weighted by molar-refractivity contribution is 5.94. The molecule has 1 aliphatic carbocycles. The molecular weight excluding hydrogens is 442 g/mol. The van der Waals surface area contributed by atoms with E-state index in [9.17, 15) is 18.4 Å². The zero-order valence-electron chi connectivity index (χ0n) is 19.7. The van der Waals surface area contributed by atoms with Crippen molar-refractivity contribution in [1.82, 2.24) is 20.7 Å². The summed E-state index contributed by atoms with van der Waals surface area (Å²) in [6.07, 6.45) is 6.65. The van der Waals surface area contributed by atoms with Crippen LogP contribution in [0.4, 0.5) is 8.78 Å². The van der Waals surface area contributed by atoms with E-state index in [0.29, 0.717) is 19.0 Å². The lowest BCUT2D eigenvalue weighted by Crippen LogP contribution is -2.58. The lowest BCUT2D eigenvalue weighted by atomic mass is 9.87. The summed E-state index contributed by atoms with van der Waals surface area (Å²) < 4.78 is 32.4. The second-order valence-electron chi connectivity index (χ2n) is 9.63. The summed E-state index contributed by atoms with van der Waals surface area (Å²) in [5.74, 6) is -2.43. The molecule has 1 saturated carbocycles. The summed E-state index contributed by atoms with van der Waals surface area (Å²) in [5.41, 5.74) is -0.000573. The van der Waals surface area contributed by atoms with Crippen LogP contribution in [0, 0.1) is 17.6 Å². The monoisotopic (exact) mass is 474 g/mol. The van der Waals surface area contributed by atoms with Gasteiger partial charge in [-0.3, -0.25) is 14.5 Å². The molecule has 1 aromatic carbocycles. The zero-order chi connectivity index (χ0) is 24.2. The third-order valence-electron chi connectivity index (χ3n) is 6.76. The van der Waals surface area contributed by atoms with Crippen molar-refractivity contribution in [2.45, 2.75) is 70.5 Å². The normalized spacial score (nSPS) is 22.0. The van der Waals surface area contributed by atoms with Gasteiger partial charge in [0, 0.05) is 43.3 Å². The highest BCUT2D eigenvalue weighted by Crippen LogP contribution is 2.28. The minimum absolute atomic E-state index is 0.00221. The SMILES string of the molecule is CC(C)NC(=O)[C@@H]1CN(C2CCCCC2)CC[C@H]1NC(=O)c1cc(-c2ccc(F)cc2F)on1. The number of aromatic nitrogens is 1. The van der Waals surface area contributed by atoms with Crippen LogP contribution < -0.4 is 10.6 Å². The molecule has 0 unspecified atom stereocenters. The summed E-state index contributed by atoms with van der Waals surface area (Å²) in [6, 6.07) is 4.55. The molecule has 1 aliphatic heterocycles. The molecule has 1 aromatic heterocycles. The number of nitrogens with one attached hydrogen (secondary N) is 2. The van der Waals surface area contributed by atoms with Gasteiger partial charge in [-0.15, -0.1) is 0 Å². The number of nitrogens with zero attached hydrogens (tertiary/aromatic N) is 2. The van der Waals surface area contributed by atoms with Crippen molar-refractivity contribution >= 4 is 11.8 Å². The van der Waals surface area contributed by atoms with Gasteiger partial charge in [-0.2, -0.15) is 0 Å². The van der Waals surface area contributed by atoms with Gasteiger partial charge >= 0.3 is 0 Å². The third-order valence-corrected chi connectivity index (χ3v) is 6.76. The lowest BCUT2D eigenvalue weighted by molar-refractivity contribution is -0.128.